The van der Waals surface area contributed by atoms with Crippen molar-refractivity contribution in [2.45, 2.75) is 77.7 Å². The molecule has 0 spiro atoms. The van der Waals surface area contributed by atoms with Crippen molar-refractivity contribution < 1.29 is 9.90 Å². The summed E-state index contributed by atoms with van der Waals surface area (Å²) in [5, 5.41) is 16.3. The second-order valence-electron chi connectivity index (χ2n) is 10.4. The number of carbonyl (C=O) groups is 1. The van der Waals surface area contributed by atoms with Crippen LogP contribution in [0, 0.1) is 40.9 Å². The lowest BCUT2D eigenvalue weighted by Crippen LogP contribution is -2.51. The second kappa shape index (κ2) is 7.60. The monoisotopic (exact) mass is 390 g/mol. The largest absolute Gasteiger partial charge is 0.391 e. The van der Waals surface area contributed by atoms with E-state index in [1.165, 1.54) is 37.2 Å². The molecule has 0 saturated heterocycles. The third kappa shape index (κ3) is 3.47. The summed E-state index contributed by atoms with van der Waals surface area (Å²) in [6, 6.07) is 0. The van der Waals surface area contributed by atoms with Crippen molar-refractivity contribution >= 4 is 11.6 Å². The van der Waals surface area contributed by atoms with Crippen molar-refractivity contribution in [2.75, 3.05) is 6.54 Å². The Morgan fingerprint density at radius 1 is 1.21 bits per heavy atom. The number of ketones is 1. The highest BCUT2D eigenvalue weighted by molar-refractivity contribution is 5.79. The molecule has 0 aromatic carbocycles. The van der Waals surface area contributed by atoms with Gasteiger partial charge in [-0.15, -0.1) is 5.10 Å². The molecule has 6 nitrogen and oxygen atoms in total. The maximum Gasteiger partial charge on any atom is 0.133 e. The SMILES string of the molecule is C/C(N)=N/N(N)CC(O)C1CCC2C3CCC4CC(=O)CCC4C3CCC12C. The maximum absolute atomic E-state index is 11.9. The highest BCUT2D eigenvalue weighted by Gasteiger charge is 2.58. The topological polar surface area (TPSA) is 105 Å². The number of hydrazone groups is 1. The van der Waals surface area contributed by atoms with E-state index in [9.17, 15) is 9.90 Å². The molecule has 4 fully saturated rings. The lowest BCUT2D eigenvalue weighted by molar-refractivity contribution is -0.128. The number of hydrogen-bond acceptors (Lipinski definition) is 5. The molecular weight excluding hydrogens is 352 g/mol. The van der Waals surface area contributed by atoms with Crippen LogP contribution in [0.5, 0.6) is 0 Å². The molecule has 0 aromatic rings. The van der Waals surface area contributed by atoms with Gasteiger partial charge < -0.3 is 10.8 Å². The number of nitrogens with two attached hydrogens (primary N) is 2. The maximum atomic E-state index is 11.9. The molecule has 0 amide bonds. The molecule has 28 heavy (non-hydrogen) atoms. The van der Waals surface area contributed by atoms with Crippen LogP contribution in [0.15, 0.2) is 5.10 Å². The Hall–Kier alpha value is -1.14. The number of hydrazine groups is 1. The molecule has 8 atom stereocenters. The number of nitrogens with zero attached hydrogens (tertiary/aromatic N) is 2. The van der Waals surface area contributed by atoms with E-state index in [2.05, 4.69) is 12.0 Å². The number of hydrogen-bond donors (Lipinski definition) is 3. The van der Waals surface area contributed by atoms with Gasteiger partial charge in [0.2, 0.25) is 0 Å². The summed E-state index contributed by atoms with van der Waals surface area (Å²) in [5.41, 5.74) is 5.81. The highest BCUT2D eigenvalue weighted by atomic mass is 16.3. The van der Waals surface area contributed by atoms with Gasteiger partial charge in [-0.05, 0) is 92.8 Å². The number of fused-ring (bicyclic) bond motifs is 5. The van der Waals surface area contributed by atoms with Crippen LogP contribution in [0.3, 0.4) is 0 Å². The average Bonchev–Trinajstić information content (AvgIpc) is 2.97. The number of Topliss-reactive ketones (excluding diaryl/α,β-unsaturated/α-hetero) is 1. The highest BCUT2D eigenvalue weighted by Crippen LogP contribution is 2.64. The molecular formula is C22H38N4O2. The smallest absolute Gasteiger partial charge is 0.133 e. The zero-order valence-corrected chi connectivity index (χ0v) is 17.5. The standard InChI is InChI=1S/C22H38N4O2/c1-13(23)25-26(24)12-21(28)20-8-7-19-18-5-3-14-11-15(27)4-6-16(14)17(18)9-10-22(19,20)2/h14,16-21,28H,3-12,24H2,1-2H3,(H2,23,25). The lowest BCUT2D eigenvalue weighted by atomic mass is 9.49. The quantitative estimate of drug-likeness (QED) is 0.296. The molecule has 4 saturated carbocycles. The fourth-order valence-corrected chi connectivity index (χ4v) is 7.89. The summed E-state index contributed by atoms with van der Waals surface area (Å²) in [4.78, 5) is 11.9. The summed E-state index contributed by atoms with van der Waals surface area (Å²) in [5.74, 6) is 10.8. The molecule has 8 unspecified atom stereocenters. The molecule has 4 aliphatic carbocycles. The second-order valence-corrected chi connectivity index (χ2v) is 10.4. The number of rotatable bonds is 4. The van der Waals surface area contributed by atoms with Gasteiger partial charge in [0.15, 0.2) is 0 Å². The average molecular weight is 391 g/mol. The Morgan fingerprint density at radius 2 is 2.00 bits per heavy atom. The number of aliphatic hydroxyl groups is 1. The van der Waals surface area contributed by atoms with Crippen molar-refractivity contribution in [2.24, 2.45) is 57.6 Å². The van der Waals surface area contributed by atoms with E-state index < -0.39 is 6.10 Å². The van der Waals surface area contributed by atoms with Crippen molar-refractivity contribution in [1.82, 2.24) is 5.12 Å². The zero-order chi connectivity index (χ0) is 20.1. The van der Waals surface area contributed by atoms with E-state index in [1.807, 2.05) is 0 Å². The summed E-state index contributed by atoms with van der Waals surface area (Å²) in [6.07, 6.45) is 9.58. The van der Waals surface area contributed by atoms with Crippen LogP contribution in [-0.4, -0.2) is 34.5 Å². The fraction of sp³-hybridized carbons (Fsp3) is 0.909. The Labute approximate surface area is 169 Å². The van der Waals surface area contributed by atoms with Crippen LogP contribution in [0.2, 0.25) is 0 Å². The van der Waals surface area contributed by atoms with Crippen LogP contribution >= 0.6 is 0 Å². The first-order valence-electron chi connectivity index (χ1n) is 11.3. The van der Waals surface area contributed by atoms with Crippen LogP contribution < -0.4 is 11.6 Å². The zero-order valence-electron chi connectivity index (χ0n) is 17.5. The Kier molecular flexibility index (Phi) is 5.47. The predicted octanol–water partition coefficient (Wildman–Crippen LogP) is 2.65. The van der Waals surface area contributed by atoms with E-state index in [0.717, 1.165) is 43.4 Å². The van der Waals surface area contributed by atoms with Gasteiger partial charge in [-0.2, -0.15) is 0 Å². The summed E-state index contributed by atoms with van der Waals surface area (Å²) in [6.45, 7) is 4.46. The molecule has 0 aromatic heterocycles. The van der Waals surface area contributed by atoms with Gasteiger partial charge in [0.1, 0.15) is 11.6 Å². The van der Waals surface area contributed by atoms with E-state index in [-0.39, 0.29) is 11.3 Å². The van der Waals surface area contributed by atoms with Gasteiger partial charge in [0.05, 0.1) is 12.6 Å². The predicted molar refractivity (Wildman–Crippen MR) is 110 cm³/mol. The minimum absolute atomic E-state index is 0.195. The van der Waals surface area contributed by atoms with Crippen LogP contribution in [0.4, 0.5) is 0 Å². The van der Waals surface area contributed by atoms with Crippen molar-refractivity contribution in [3.8, 4) is 0 Å². The summed E-state index contributed by atoms with van der Waals surface area (Å²) in [7, 11) is 0. The Morgan fingerprint density at radius 3 is 2.75 bits per heavy atom. The molecule has 4 aliphatic rings. The molecule has 5 N–H and O–H groups in total. The van der Waals surface area contributed by atoms with Gasteiger partial charge in [0.25, 0.3) is 0 Å². The third-order valence-electron chi connectivity index (χ3n) is 8.96. The molecule has 158 valence electrons. The minimum atomic E-state index is -0.469. The molecule has 0 aliphatic heterocycles. The first-order chi connectivity index (χ1) is 13.3. The summed E-state index contributed by atoms with van der Waals surface area (Å²) >= 11 is 0. The normalized spacial score (nSPS) is 44.4. The first kappa shape index (κ1) is 20.1. The molecule has 0 radical (unpaired) electrons. The van der Waals surface area contributed by atoms with Crippen molar-refractivity contribution in [1.29, 1.82) is 0 Å². The Balaban J connectivity index is 1.46. The fourth-order valence-electron chi connectivity index (χ4n) is 7.89. The van der Waals surface area contributed by atoms with E-state index in [4.69, 9.17) is 11.6 Å². The van der Waals surface area contributed by atoms with Gasteiger partial charge >= 0.3 is 0 Å². The van der Waals surface area contributed by atoms with Gasteiger partial charge in [-0.25, -0.2) is 11.0 Å². The Bertz CT molecular complexity index is 634. The number of carbonyl (C=O) groups excluding carboxylic acids is 1. The molecule has 6 heteroatoms. The first-order valence-corrected chi connectivity index (χ1v) is 11.3. The van der Waals surface area contributed by atoms with E-state index in [0.29, 0.717) is 30.0 Å². The van der Waals surface area contributed by atoms with Gasteiger partial charge in [-0.3, -0.25) is 4.79 Å². The molecule has 0 bridgehead atoms. The van der Waals surface area contributed by atoms with E-state index in [1.54, 1.807) is 6.92 Å². The molecule has 0 heterocycles. The number of amidine groups is 1. The van der Waals surface area contributed by atoms with Gasteiger partial charge in [0, 0.05) is 12.8 Å². The van der Waals surface area contributed by atoms with E-state index >= 15 is 0 Å². The van der Waals surface area contributed by atoms with Crippen LogP contribution in [0.25, 0.3) is 0 Å². The van der Waals surface area contributed by atoms with Crippen LogP contribution in [0.1, 0.15) is 71.6 Å². The third-order valence-corrected chi connectivity index (χ3v) is 8.96. The van der Waals surface area contributed by atoms with Crippen molar-refractivity contribution in [3.05, 3.63) is 0 Å². The summed E-state index contributed by atoms with van der Waals surface area (Å²) < 4.78 is 0. The minimum Gasteiger partial charge on any atom is -0.391 e. The molecule has 4 rings (SSSR count). The number of aliphatic hydroxyl groups excluding tert-OH is 1. The van der Waals surface area contributed by atoms with Crippen molar-refractivity contribution in [3.63, 3.8) is 0 Å². The van der Waals surface area contributed by atoms with Gasteiger partial charge in [-0.1, -0.05) is 6.92 Å². The van der Waals surface area contributed by atoms with Crippen LogP contribution in [-0.2, 0) is 4.79 Å². The lowest BCUT2D eigenvalue weighted by Gasteiger charge is -2.56.